The first-order valence-electron chi connectivity index (χ1n) is 8.50. The van der Waals surface area contributed by atoms with E-state index in [1.165, 1.54) is 0 Å². The van der Waals surface area contributed by atoms with Crippen molar-refractivity contribution in [3.8, 4) is 11.5 Å². The number of amides is 1. The Morgan fingerprint density at radius 1 is 1.12 bits per heavy atom. The molecule has 0 spiro atoms. The van der Waals surface area contributed by atoms with E-state index < -0.39 is 0 Å². The molecule has 1 atom stereocenters. The number of hydrogen-bond acceptors (Lipinski definition) is 4. The van der Waals surface area contributed by atoms with Crippen LogP contribution in [-0.2, 0) is 11.2 Å². The van der Waals surface area contributed by atoms with Crippen LogP contribution in [0.25, 0.3) is 0 Å². The third-order valence-corrected chi connectivity index (χ3v) is 4.47. The van der Waals surface area contributed by atoms with Gasteiger partial charge in [-0.05, 0) is 42.7 Å². The van der Waals surface area contributed by atoms with Crippen molar-refractivity contribution < 1.29 is 14.3 Å². The SMILES string of the molecule is COc1ccc(CCNC(=O)CNC(C)c2ccccc2Cl)cc1OC. The molecule has 5 nitrogen and oxygen atoms in total. The molecule has 2 aromatic carbocycles. The highest BCUT2D eigenvalue weighted by molar-refractivity contribution is 6.31. The first kappa shape index (κ1) is 20.1. The van der Waals surface area contributed by atoms with Crippen molar-refractivity contribution in [2.24, 2.45) is 0 Å². The summed E-state index contributed by atoms with van der Waals surface area (Å²) in [4.78, 5) is 12.0. The molecular weight excluding hydrogens is 352 g/mol. The molecule has 0 aliphatic rings. The molecule has 1 unspecified atom stereocenters. The zero-order chi connectivity index (χ0) is 18.9. The number of methoxy groups -OCH3 is 2. The number of carbonyl (C=O) groups excluding carboxylic acids is 1. The van der Waals surface area contributed by atoms with Crippen LogP contribution in [-0.4, -0.2) is 33.2 Å². The fourth-order valence-corrected chi connectivity index (χ4v) is 2.93. The van der Waals surface area contributed by atoms with Gasteiger partial charge in [-0.2, -0.15) is 0 Å². The van der Waals surface area contributed by atoms with Gasteiger partial charge in [0.25, 0.3) is 0 Å². The van der Waals surface area contributed by atoms with E-state index in [1.54, 1.807) is 14.2 Å². The average Bonchev–Trinajstić information content (AvgIpc) is 2.66. The van der Waals surface area contributed by atoms with Gasteiger partial charge in [0.15, 0.2) is 11.5 Å². The molecule has 0 saturated heterocycles. The van der Waals surface area contributed by atoms with Crippen molar-refractivity contribution in [1.82, 2.24) is 10.6 Å². The van der Waals surface area contributed by atoms with Gasteiger partial charge in [-0.3, -0.25) is 4.79 Å². The first-order chi connectivity index (χ1) is 12.5. The van der Waals surface area contributed by atoms with E-state index in [4.69, 9.17) is 21.1 Å². The van der Waals surface area contributed by atoms with Crippen LogP contribution in [0.2, 0.25) is 5.02 Å². The molecule has 0 bridgehead atoms. The van der Waals surface area contributed by atoms with Gasteiger partial charge in [-0.15, -0.1) is 0 Å². The molecule has 2 N–H and O–H groups in total. The van der Waals surface area contributed by atoms with Gasteiger partial charge in [0, 0.05) is 17.6 Å². The number of benzene rings is 2. The molecule has 0 aliphatic heterocycles. The van der Waals surface area contributed by atoms with E-state index in [0.717, 1.165) is 11.1 Å². The molecule has 0 radical (unpaired) electrons. The highest BCUT2D eigenvalue weighted by atomic mass is 35.5. The normalized spacial score (nSPS) is 11.7. The fraction of sp³-hybridized carbons (Fsp3) is 0.350. The van der Waals surface area contributed by atoms with Crippen LogP contribution in [0.5, 0.6) is 11.5 Å². The van der Waals surface area contributed by atoms with E-state index in [9.17, 15) is 4.79 Å². The van der Waals surface area contributed by atoms with Crippen molar-refractivity contribution in [2.75, 3.05) is 27.3 Å². The van der Waals surface area contributed by atoms with Gasteiger partial charge >= 0.3 is 0 Å². The Hall–Kier alpha value is -2.24. The zero-order valence-electron chi connectivity index (χ0n) is 15.3. The summed E-state index contributed by atoms with van der Waals surface area (Å²) >= 11 is 6.17. The van der Waals surface area contributed by atoms with Crippen LogP contribution in [0.1, 0.15) is 24.1 Å². The molecule has 1 amide bonds. The summed E-state index contributed by atoms with van der Waals surface area (Å²) in [5, 5.41) is 6.80. The molecule has 140 valence electrons. The lowest BCUT2D eigenvalue weighted by Gasteiger charge is -2.15. The molecule has 2 rings (SSSR count). The van der Waals surface area contributed by atoms with E-state index in [1.807, 2.05) is 49.4 Å². The Morgan fingerprint density at radius 3 is 2.54 bits per heavy atom. The number of carbonyl (C=O) groups is 1. The van der Waals surface area contributed by atoms with Crippen LogP contribution in [0.3, 0.4) is 0 Å². The molecule has 2 aromatic rings. The van der Waals surface area contributed by atoms with Crippen molar-refractivity contribution in [2.45, 2.75) is 19.4 Å². The molecule has 0 aromatic heterocycles. The number of ether oxygens (including phenoxy) is 2. The van der Waals surface area contributed by atoms with Gasteiger partial charge in [-0.25, -0.2) is 0 Å². The largest absolute Gasteiger partial charge is 0.493 e. The molecule has 6 heteroatoms. The van der Waals surface area contributed by atoms with E-state index in [-0.39, 0.29) is 18.5 Å². The minimum atomic E-state index is -0.0515. The highest BCUT2D eigenvalue weighted by Gasteiger charge is 2.10. The van der Waals surface area contributed by atoms with Gasteiger partial charge in [0.05, 0.1) is 20.8 Å². The molecule has 0 heterocycles. The lowest BCUT2D eigenvalue weighted by Crippen LogP contribution is -2.36. The lowest BCUT2D eigenvalue weighted by molar-refractivity contribution is -0.120. The van der Waals surface area contributed by atoms with Crippen molar-refractivity contribution in [1.29, 1.82) is 0 Å². The third-order valence-electron chi connectivity index (χ3n) is 4.12. The predicted molar refractivity (Wildman–Crippen MR) is 104 cm³/mol. The second-order valence-electron chi connectivity index (χ2n) is 5.91. The van der Waals surface area contributed by atoms with Crippen LogP contribution < -0.4 is 20.1 Å². The summed E-state index contributed by atoms with van der Waals surface area (Å²) < 4.78 is 10.5. The number of nitrogens with one attached hydrogen (secondary N) is 2. The molecule has 0 aliphatic carbocycles. The summed E-state index contributed by atoms with van der Waals surface area (Å²) in [6, 6.07) is 13.4. The van der Waals surface area contributed by atoms with Gasteiger partial charge in [0.2, 0.25) is 5.91 Å². The summed E-state index contributed by atoms with van der Waals surface area (Å²) in [5.41, 5.74) is 2.05. The Bertz CT molecular complexity index is 737. The first-order valence-corrected chi connectivity index (χ1v) is 8.88. The summed E-state index contributed by atoms with van der Waals surface area (Å²) in [5.74, 6) is 1.33. The maximum absolute atomic E-state index is 12.0. The third kappa shape index (κ3) is 5.64. The monoisotopic (exact) mass is 376 g/mol. The molecule has 0 fully saturated rings. The van der Waals surface area contributed by atoms with Gasteiger partial charge in [-0.1, -0.05) is 35.9 Å². The molecular formula is C20H25ClN2O3. The standard InChI is InChI=1S/C20H25ClN2O3/c1-14(16-6-4-5-7-17(16)21)23-13-20(24)22-11-10-15-8-9-18(25-2)19(12-15)26-3/h4-9,12,14,23H,10-11,13H2,1-3H3,(H,22,24). The topological polar surface area (TPSA) is 59.6 Å². The second kappa shape index (κ2) is 10.0. The van der Waals surface area contributed by atoms with Gasteiger partial charge in [0.1, 0.15) is 0 Å². The highest BCUT2D eigenvalue weighted by Crippen LogP contribution is 2.27. The van der Waals surface area contributed by atoms with Crippen LogP contribution in [0.15, 0.2) is 42.5 Å². The van der Waals surface area contributed by atoms with Crippen LogP contribution >= 0.6 is 11.6 Å². The minimum Gasteiger partial charge on any atom is -0.493 e. The van der Waals surface area contributed by atoms with E-state index in [0.29, 0.717) is 29.5 Å². The average molecular weight is 377 g/mol. The van der Waals surface area contributed by atoms with Crippen molar-refractivity contribution in [3.05, 3.63) is 58.6 Å². The van der Waals surface area contributed by atoms with Crippen molar-refractivity contribution >= 4 is 17.5 Å². The Morgan fingerprint density at radius 2 is 1.85 bits per heavy atom. The molecule has 0 saturated carbocycles. The van der Waals surface area contributed by atoms with Crippen LogP contribution in [0.4, 0.5) is 0 Å². The lowest BCUT2D eigenvalue weighted by atomic mass is 10.1. The second-order valence-corrected chi connectivity index (χ2v) is 6.32. The Labute approximate surface area is 159 Å². The Balaban J connectivity index is 1.76. The van der Waals surface area contributed by atoms with Crippen molar-refractivity contribution in [3.63, 3.8) is 0 Å². The van der Waals surface area contributed by atoms with Gasteiger partial charge < -0.3 is 20.1 Å². The van der Waals surface area contributed by atoms with E-state index in [2.05, 4.69) is 10.6 Å². The van der Waals surface area contributed by atoms with Crippen LogP contribution in [0, 0.1) is 0 Å². The number of halogens is 1. The molecule has 26 heavy (non-hydrogen) atoms. The summed E-state index contributed by atoms with van der Waals surface area (Å²) in [6.07, 6.45) is 0.714. The summed E-state index contributed by atoms with van der Waals surface area (Å²) in [7, 11) is 3.21. The smallest absolute Gasteiger partial charge is 0.233 e. The fourth-order valence-electron chi connectivity index (χ4n) is 2.63. The predicted octanol–water partition coefficient (Wildman–Crippen LogP) is 3.37. The van der Waals surface area contributed by atoms with E-state index >= 15 is 0 Å². The number of hydrogen-bond donors (Lipinski definition) is 2. The quantitative estimate of drug-likeness (QED) is 0.704. The maximum atomic E-state index is 12.0. The Kier molecular flexibility index (Phi) is 7.75. The number of rotatable bonds is 9. The zero-order valence-corrected chi connectivity index (χ0v) is 16.1. The maximum Gasteiger partial charge on any atom is 0.233 e. The summed E-state index contributed by atoms with van der Waals surface area (Å²) in [6.45, 7) is 2.77. The minimum absolute atomic E-state index is 0.000277.